The van der Waals surface area contributed by atoms with Crippen LogP contribution >= 0.6 is 35.0 Å². The van der Waals surface area contributed by atoms with E-state index in [0.717, 1.165) is 0 Å². The zero-order valence-electron chi connectivity index (χ0n) is 14.8. The number of aromatic amines is 1. The molecule has 154 valence electrons. The highest BCUT2D eigenvalue weighted by Crippen LogP contribution is 2.65. The Hall–Kier alpha value is -1.78. The third kappa shape index (κ3) is 3.40. The highest BCUT2D eigenvalue weighted by molar-refractivity contribution is 7.99. The van der Waals surface area contributed by atoms with Crippen LogP contribution in [0.15, 0.2) is 35.7 Å². The predicted molar refractivity (Wildman–Crippen MR) is 106 cm³/mol. The molecular formula is C18H17Cl2N3O5S. The van der Waals surface area contributed by atoms with Crippen LogP contribution in [0.3, 0.4) is 0 Å². The van der Waals surface area contributed by atoms with Crippen molar-refractivity contribution in [1.29, 1.82) is 0 Å². The lowest BCUT2D eigenvalue weighted by Gasteiger charge is -2.34. The van der Waals surface area contributed by atoms with Gasteiger partial charge in [-0.05, 0) is 23.6 Å². The van der Waals surface area contributed by atoms with Gasteiger partial charge in [0.05, 0.1) is 28.7 Å². The third-order valence-corrected chi connectivity index (χ3v) is 7.58. The monoisotopic (exact) mass is 457 g/mol. The number of thioether (sulfide) groups is 1. The predicted octanol–water partition coefficient (Wildman–Crippen LogP) is 2.51. The number of nitrogens with one attached hydrogen (secondary N) is 1. The number of aromatic nitrogens is 2. The molecule has 4 rings (SSSR count). The van der Waals surface area contributed by atoms with E-state index in [2.05, 4.69) is 9.97 Å². The number of carbonyl (C=O) groups is 2. The number of halogens is 2. The summed E-state index contributed by atoms with van der Waals surface area (Å²) in [5.41, 5.74) is 5.19. The highest BCUT2D eigenvalue weighted by atomic mass is 35.5. The van der Waals surface area contributed by atoms with Gasteiger partial charge in [0.15, 0.2) is 5.16 Å². The number of benzene rings is 1. The molecule has 1 aromatic heterocycles. The van der Waals surface area contributed by atoms with Gasteiger partial charge in [0, 0.05) is 23.6 Å². The molecule has 2 saturated carbocycles. The first-order valence-electron chi connectivity index (χ1n) is 8.71. The number of H-pyrrole nitrogens is 1. The van der Waals surface area contributed by atoms with Crippen LogP contribution in [0.1, 0.15) is 5.56 Å². The van der Waals surface area contributed by atoms with Gasteiger partial charge in [-0.1, -0.05) is 41.0 Å². The molecule has 6 unspecified atom stereocenters. The van der Waals surface area contributed by atoms with E-state index >= 15 is 0 Å². The number of carboxylic acids is 2. The van der Waals surface area contributed by atoms with Crippen molar-refractivity contribution in [3.8, 4) is 0 Å². The van der Waals surface area contributed by atoms with Gasteiger partial charge in [-0.3, -0.25) is 9.59 Å². The summed E-state index contributed by atoms with van der Waals surface area (Å²) >= 11 is 13.2. The number of ether oxygens (including phenoxy) is 1. The summed E-state index contributed by atoms with van der Waals surface area (Å²) in [6.07, 6.45) is 2.28. The zero-order valence-corrected chi connectivity index (χ0v) is 17.1. The summed E-state index contributed by atoms with van der Waals surface area (Å²) in [5.74, 6) is -4.30. The lowest BCUT2D eigenvalue weighted by molar-refractivity contribution is -0.152. The molecule has 0 amide bonds. The van der Waals surface area contributed by atoms with E-state index in [1.807, 2.05) is 0 Å². The molecular weight excluding hydrogens is 441 g/mol. The lowest BCUT2D eigenvalue weighted by atomic mass is 9.88. The number of hydrogen-bond donors (Lipinski definition) is 4. The molecule has 1 aromatic carbocycles. The molecule has 2 aliphatic rings. The average molecular weight is 458 g/mol. The minimum atomic E-state index is -1.83. The van der Waals surface area contributed by atoms with Crippen molar-refractivity contribution in [2.24, 2.45) is 23.5 Å². The number of nitrogens with two attached hydrogens (primary N) is 1. The van der Waals surface area contributed by atoms with E-state index in [1.165, 1.54) is 11.8 Å². The Morgan fingerprint density at radius 2 is 2.07 bits per heavy atom. The Morgan fingerprint density at radius 3 is 2.66 bits per heavy atom. The van der Waals surface area contributed by atoms with Crippen LogP contribution in [0.5, 0.6) is 0 Å². The van der Waals surface area contributed by atoms with Crippen LogP contribution in [0.2, 0.25) is 10.0 Å². The first-order chi connectivity index (χ1) is 13.7. The summed E-state index contributed by atoms with van der Waals surface area (Å²) in [7, 11) is 0. The van der Waals surface area contributed by atoms with Gasteiger partial charge in [0.2, 0.25) is 0 Å². The van der Waals surface area contributed by atoms with E-state index < -0.39 is 46.6 Å². The van der Waals surface area contributed by atoms with E-state index in [9.17, 15) is 19.8 Å². The molecule has 11 heteroatoms. The maximum absolute atomic E-state index is 12.1. The van der Waals surface area contributed by atoms with Crippen molar-refractivity contribution in [2.75, 3.05) is 0 Å². The van der Waals surface area contributed by atoms with Crippen LogP contribution in [-0.4, -0.2) is 49.0 Å². The fraction of sp³-hybridized carbons (Fsp3) is 0.389. The normalized spacial score (nSPS) is 32.7. The van der Waals surface area contributed by atoms with Gasteiger partial charge in [-0.2, -0.15) is 0 Å². The number of nitrogens with zero attached hydrogens (tertiary/aromatic N) is 1. The number of carboxylic acid groups (broad SMARTS) is 2. The maximum Gasteiger partial charge on any atom is 0.326 e. The standard InChI is InChI=1S/C18H17Cl2N3O5S/c19-8-2-1-7(5-9(8)20)6-28-14-13(29-17-22-3-4-23-17)10-11(15(24)25)12(10)18(14,21)16(26)27/h1-5,10-14H,6,21H2,(H,22,23)(H,24,25)(H,26,27). The fourth-order valence-electron chi connectivity index (χ4n) is 4.24. The summed E-state index contributed by atoms with van der Waals surface area (Å²) in [6.45, 7) is 0.0557. The maximum atomic E-state index is 12.1. The molecule has 2 aliphatic carbocycles. The van der Waals surface area contributed by atoms with E-state index in [-0.39, 0.29) is 6.61 Å². The molecule has 0 aliphatic heterocycles. The van der Waals surface area contributed by atoms with Crippen molar-refractivity contribution in [3.05, 3.63) is 46.2 Å². The SMILES string of the molecule is NC1(C(=O)O)C(OCc2ccc(Cl)c(Cl)c2)C(Sc2ncc[nH]2)C2C(C(=O)O)C21. The Balaban J connectivity index is 1.63. The zero-order chi connectivity index (χ0) is 20.9. The summed E-state index contributed by atoms with van der Waals surface area (Å²) in [4.78, 5) is 30.9. The summed E-state index contributed by atoms with van der Waals surface area (Å²) < 4.78 is 5.99. The molecule has 0 saturated heterocycles. The average Bonchev–Trinajstić information content (AvgIpc) is 3.12. The van der Waals surface area contributed by atoms with Crippen LogP contribution in [-0.2, 0) is 20.9 Å². The van der Waals surface area contributed by atoms with Crippen LogP contribution < -0.4 is 5.73 Å². The van der Waals surface area contributed by atoms with E-state index in [4.69, 9.17) is 33.7 Å². The second kappa shape index (κ2) is 7.48. The second-order valence-electron chi connectivity index (χ2n) is 7.16. The molecule has 0 spiro atoms. The van der Waals surface area contributed by atoms with Gasteiger partial charge in [-0.25, -0.2) is 4.98 Å². The largest absolute Gasteiger partial charge is 0.481 e. The lowest BCUT2D eigenvalue weighted by Crippen LogP contribution is -2.61. The molecule has 0 bridgehead atoms. The van der Waals surface area contributed by atoms with Gasteiger partial charge >= 0.3 is 11.9 Å². The van der Waals surface area contributed by atoms with Gasteiger partial charge in [0.25, 0.3) is 0 Å². The molecule has 1 heterocycles. The smallest absolute Gasteiger partial charge is 0.326 e. The van der Waals surface area contributed by atoms with Crippen molar-refractivity contribution in [1.82, 2.24) is 9.97 Å². The van der Waals surface area contributed by atoms with E-state index in [0.29, 0.717) is 20.8 Å². The van der Waals surface area contributed by atoms with Crippen LogP contribution in [0, 0.1) is 17.8 Å². The van der Waals surface area contributed by atoms with Crippen molar-refractivity contribution in [3.63, 3.8) is 0 Å². The molecule has 0 radical (unpaired) electrons. The Labute approximate surface area is 179 Å². The molecule has 2 fully saturated rings. The molecule has 8 nitrogen and oxygen atoms in total. The first kappa shape index (κ1) is 20.5. The minimum absolute atomic E-state index is 0.0557. The Kier molecular flexibility index (Phi) is 5.28. The van der Waals surface area contributed by atoms with E-state index in [1.54, 1.807) is 30.6 Å². The molecule has 2 aromatic rings. The fourth-order valence-corrected chi connectivity index (χ4v) is 6.00. The van der Waals surface area contributed by atoms with Crippen LogP contribution in [0.25, 0.3) is 0 Å². The number of aliphatic carboxylic acids is 2. The molecule has 5 N–H and O–H groups in total. The van der Waals surface area contributed by atoms with Crippen molar-refractivity contribution in [2.45, 2.75) is 28.7 Å². The minimum Gasteiger partial charge on any atom is -0.481 e. The number of hydrogen-bond acceptors (Lipinski definition) is 6. The second-order valence-corrected chi connectivity index (χ2v) is 9.14. The summed E-state index contributed by atoms with van der Waals surface area (Å²) in [6, 6.07) is 4.97. The number of imidazole rings is 1. The van der Waals surface area contributed by atoms with Gasteiger partial charge < -0.3 is 25.7 Å². The molecule has 6 atom stereocenters. The quantitative estimate of drug-likeness (QED) is 0.497. The van der Waals surface area contributed by atoms with Crippen LogP contribution in [0.4, 0.5) is 0 Å². The topological polar surface area (TPSA) is 139 Å². The first-order valence-corrected chi connectivity index (χ1v) is 10.3. The Morgan fingerprint density at radius 1 is 1.31 bits per heavy atom. The van der Waals surface area contributed by atoms with Crippen molar-refractivity contribution < 1.29 is 24.5 Å². The Bertz CT molecular complexity index is 959. The van der Waals surface area contributed by atoms with Gasteiger partial charge in [0.1, 0.15) is 5.54 Å². The van der Waals surface area contributed by atoms with Gasteiger partial charge in [-0.15, -0.1) is 0 Å². The van der Waals surface area contributed by atoms with Crippen molar-refractivity contribution >= 4 is 46.9 Å². The number of fused-ring (bicyclic) bond motifs is 1. The summed E-state index contributed by atoms with van der Waals surface area (Å²) in [5, 5.41) is 20.2. The molecule has 29 heavy (non-hydrogen) atoms. The highest BCUT2D eigenvalue weighted by Gasteiger charge is 2.78. The third-order valence-electron chi connectivity index (χ3n) is 5.57. The number of rotatable bonds is 7.